The number of hydrogen-bond acceptors (Lipinski definition) is 2. The van der Waals surface area contributed by atoms with E-state index in [9.17, 15) is 0 Å². The number of fused-ring (bicyclic) bond motifs is 2. The van der Waals surface area contributed by atoms with Gasteiger partial charge in [-0.1, -0.05) is 31.2 Å². The largest absolute Gasteiger partial charge is 0.464 e. The topological polar surface area (TPSA) is 16.4 Å². The molecule has 3 aliphatic heterocycles. The lowest BCUT2D eigenvalue weighted by Crippen LogP contribution is -2.35. The van der Waals surface area contributed by atoms with E-state index in [1.54, 1.807) is 0 Å². The minimum Gasteiger partial charge on any atom is -0.464 e. The van der Waals surface area contributed by atoms with E-state index in [-0.39, 0.29) is 0 Å². The molecule has 1 aromatic carbocycles. The zero-order chi connectivity index (χ0) is 14.2. The van der Waals surface area contributed by atoms with Gasteiger partial charge in [0.1, 0.15) is 5.76 Å². The molecule has 21 heavy (non-hydrogen) atoms. The summed E-state index contributed by atoms with van der Waals surface area (Å²) in [5.41, 5.74) is 5.29. The normalized spacial score (nSPS) is 18.1. The Hall–Kier alpha value is -1.96. The number of benzene rings is 1. The quantitative estimate of drug-likeness (QED) is 0.818. The van der Waals surface area contributed by atoms with Crippen molar-refractivity contribution >= 4 is 5.57 Å². The lowest BCUT2D eigenvalue weighted by atomic mass is 9.83. The molecule has 5 rings (SSSR count). The maximum Gasteiger partial charge on any atom is 0.139 e. The second-order valence-corrected chi connectivity index (χ2v) is 6.11. The van der Waals surface area contributed by atoms with Crippen molar-refractivity contribution in [2.75, 3.05) is 13.1 Å². The van der Waals surface area contributed by atoms with Crippen LogP contribution in [0.2, 0.25) is 0 Å². The average molecular weight is 279 g/mol. The maximum absolute atomic E-state index is 5.89. The van der Waals surface area contributed by atoms with Crippen molar-refractivity contribution in [3.63, 3.8) is 0 Å². The van der Waals surface area contributed by atoms with E-state index in [2.05, 4.69) is 48.4 Å². The molecule has 2 heteroatoms. The molecule has 1 saturated heterocycles. The Morgan fingerprint density at radius 1 is 1.19 bits per heavy atom. The van der Waals surface area contributed by atoms with Crippen molar-refractivity contribution in [2.45, 2.75) is 26.2 Å². The molecule has 0 spiro atoms. The van der Waals surface area contributed by atoms with Crippen molar-refractivity contribution in [1.82, 2.24) is 4.90 Å². The zero-order valence-corrected chi connectivity index (χ0v) is 12.5. The van der Waals surface area contributed by atoms with Crippen LogP contribution < -0.4 is 0 Å². The highest BCUT2D eigenvalue weighted by Crippen LogP contribution is 2.41. The molecule has 0 N–H and O–H groups in total. The maximum atomic E-state index is 5.89. The van der Waals surface area contributed by atoms with Crippen molar-refractivity contribution in [3.8, 4) is 11.1 Å². The molecule has 0 atom stereocenters. The van der Waals surface area contributed by atoms with Crippen LogP contribution in [-0.2, 0) is 6.42 Å². The van der Waals surface area contributed by atoms with Gasteiger partial charge in [-0.25, -0.2) is 0 Å². The number of nitrogens with zero attached hydrogens (tertiary/aromatic N) is 1. The van der Waals surface area contributed by atoms with Gasteiger partial charge >= 0.3 is 0 Å². The first-order valence-corrected chi connectivity index (χ1v) is 7.98. The van der Waals surface area contributed by atoms with E-state index >= 15 is 0 Å². The lowest BCUT2D eigenvalue weighted by molar-refractivity contribution is 0.249. The summed E-state index contributed by atoms with van der Waals surface area (Å²) in [6.45, 7) is 4.61. The molecule has 2 bridgehead atoms. The van der Waals surface area contributed by atoms with E-state index in [1.807, 2.05) is 6.26 Å². The van der Waals surface area contributed by atoms with Crippen LogP contribution in [0, 0.1) is 5.92 Å². The molecular weight excluding hydrogens is 258 g/mol. The molecule has 0 amide bonds. The average Bonchev–Trinajstić information content (AvgIpc) is 3.05. The number of hydrogen-bond donors (Lipinski definition) is 0. The molecule has 4 heterocycles. The Bertz CT molecular complexity index is 674. The highest BCUT2D eigenvalue weighted by Gasteiger charge is 2.30. The third kappa shape index (κ3) is 2.19. The van der Waals surface area contributed by atoms with Gasteiger partial charge in [0.05, 0.1) is 6.26 Å². The molecule has 2 nitrogen and oxygen atoms in total. The number of allylic oxidation sites excluding steroid dienone is 1. The Balaban J connectivity index is 1.77. The minimum atomic E-state index is 0.675. The van der Waals surface area contributed by atoms with Gasteiger partial charge in [-0.3, -0.25) is 0 Å². The molecule has 2 aromatic rings. The summed E-state index contributed by atoms with van der Waals surface area (Å²) >= 11 is 0. The molecule has 0 radical (unpaired) electrons. The Labute approximate surface area is 126 Å². The van der Waals surface area contributed by atoms with Gasteiger partial charge in [-0.15, -0.1) is 0 Å². The summed E-state index contributed by atoms with van der Waals surface area (Å²) in [5, 5.41) is 0. The van der Waals surface area contributed by atoms with Gasteiger partial charge < -0.3 is 9.32 Å². The first kappa shape index (κ1) is 12.8. The van der Waals surface area contributed by atoms with Crippen molar-refractivity contribution in [1.29, 1.82) is 0 Å². The summed E-state index contributed by atoms with van der Waals surface area (Å²) in [6, 6.07) is 10.9. The fourth-order valence-electron chi connectivity index (χ4n) is 3.60. The highest BCUT2D eigenvalue weighted by atomic mass is 16.3. The fourth-order valence-corrected chi connectivity index (χ4v) is 3.60. The second kappa shape index (κ2) is 5.10. The molecule has 1 aromatic heterocycles. The van der Waals surface area contributed by atoms with Gasteiger partial charge in [0.25, 0.3) is 0 Å². The summed E-state index contributed by atoms with van der Waals surface area (Å²) in [5.74, 6) is 1.76. The fraction of sp³-hybridized carbons (Fsp3) is 0.368. The van der Waals surface area contributed by atoms with Gasteiger partial charge in [0.2, 0.25) is 0 Å². The monoisotopic (exact) mass is 279 g/mol. The standard InChI is InChI=1S/C19H21NO/c1-2-14-4-3-5-16(12-14)17-8-11-21-19(17)18-13-20-9-6-15(18)7-10-20/h3-5,8,11-13,15H,2,6-7,9-10H2,1H3. The first-order valence-electron chi connectivity index (χ1n) is 7.98. The number of aryl methyl sites for hydroxylation is 1. The second-order valence-electron chi connectivity index (χ2n) is 6.11. The van der Waals surface area contributed by atoms with E-state index in [0.29, 0.717) is 5.92 Å². The lowest BCUT2D eigenvalue weighted by Gasteiger charge is -2.38. The van der Waals surface area contributed by atoms with Gasteiger partial charge in [0.15, 0.2) is 0 Å². The van der Waals surface area contributed by atoms with Gasteiger partial charge in [-0.05, 0) is 42.4 Å². The summed E-state index contributed by atoms with van der Waals surface area (Å²) in [6.07, 6.45) is 7.76. The van der Waals surface area contributed by atoms with Crippen LogP contribution in [0.4, 0.5) is 0 Å². The zero-order valence-electron chi connectivity index (χ0n) is 12.5. The van der Waals surface area contributed by atoms with E-state index in [1.165, 1.54) is 48.2 Å². The number of furan rings is 1. The van der Waals surface area contributed by atoms with Crippen molar-refractivity contribution in [2.24, 2.45) is 5.92 Å². The van der Waals surface area contributed by atoms with E-state index in [0.717, 1.165) is 12.2 Å². The first-order chi connectivity index (χ1) is 10.3. The van der Waals surface area contributed by atoms with Gasteiger partial charge in [0, 0.05) is 30.4 Å². The van der Waals surface area contributed by atoms with Crippen LogP contribution in [0.3, 0.4) is 0 Å². The highest BCUT2D eigenvalue weighted by molar-refractivity contribution is 5.80. The Morgan fingerprint density at radius 3 is 2.76 bits per heavy atom. The predicted molar refractivity (Wildman–Crippen MR) is 85.8 cm³/mol. The summed E-state index contributed by atoms with van der Waals surface area (Å²) in [7, 11) is 0. The molecule has 0 saturated carbocycles. The Morgan fingerprint density at radius 2 is 2.05 bits per heavy atom. The number of piperidine rings is 1. The van der Waals surface area contributed by atoms with Crippen LogP contribution in [-0.4, -0.2) is 18.0 Å². The Kier molecular flexibility index (Phi) is 3.10. The van der Waals surface area contributed by atoms with E-state index < -0.39 is 0 Å². The molecule has 0 unspecified atom stereocenters. The predicted octanol–water partition coefficient (Wildman–Crippen LogP) is 4.58. The molecule has 3 aliphatic rings. The number of rotatable bonds is 3. The molecule has 108 valence electrons. The smallest absolute Gasteiger partial charge is 0.139 e. The summed E-state index contributed by atoms with van der Waals surface area (Å²) < 4.78 is 5.89. The van der Waals surface area contributed by atoms with Crippen LogP contribution >= 0.6 is 0 Å². The van der Waals surface area contributed by atoms with Crippen LogP contribution in [0.5, 0.6) is 0 Å². The van der Waals surface area contributed by atoms with Crippen LogP contribution in [0.15, 0.2) is 47.2 Å². The SMILES string of the molecule is CCc1cccc(-c2ccoc2C2=CN3CCC2CC3)c1. The molecule has 1 fully saturated rings. The van der Waals surface area contributed by atoms with Crippen LogP contribution in [0.25, 0.3) is 16.7 Å². The van der Waals surface area contributed by atoms with Gasteiger partial charge in [-0.2, -0.15) is 0 Å². The summed E-state index contributed by atoms with van der Waals surface area (Å²) in [4.78, 5) is 2.43. The molecular formula is C19H21NO. The van der Waals surface area contributed by atoms with E-state index in [4.69, 9.17) is 4.42 Å². The third-order valence-electron chi connectivity index (χ3n) is 4.86. The third-order valence-corrected chi connectivity index (χ3v) is 4.86. The van der Waals surface area contributed by atoms with Crippen LogP contribution in [0.1, 0.15) is 31.1 Å². The van der Waals surface area contributed by atoms with Crippen molar-refractivity contribution in [3.05, 3.63) is 54.1 Å². The van der Waals surface area contributed by atoms with Crippen molar-refractivity contribution < 1.29 is 4.42 Å². The minimum absolute atomic E-state index is 0.675. The molecule has 0 aliphatic carbocycles.